The van der Waals surface area contributed by atoms with E-state index in [0.717, 1.165) is 0 Å². The molecule has 0 aliphatic rings. The molecule has 0 fully saturated rings. The van der Waals surface area contributed by atoms with Crippen LogP contribution in [-0.4, -0.2) is 8.42 Å². The van der Waals surface area contributed by atoms with Crippen LogP contribution in [-0.2, 0) is 23.1 Å². The lowest BCUT2D eigenvalue weighted by atomic mass is 10.2. The average molecular weight is 329 g/mol. The van der Waals surface area contributed by atoms with Crippen molar-refractivity contribution >= 4 is 21.6 Å². The van der Waals surface area contributed by atoms with Gasteiger partial charge in [0.05, 0.1) is 4.90 Å². The lowest BCUT2D eigenvalue weighted by Gasteiger charge is -2.09. The molecule has 4 nitrogen and oxygen atoms in total. The van der Waals surface area contributed by atoms with Crippen LogP contribution in [0.5, 0.6) is 0 Å². The second-order valence-corrected chi connectivity index (χ2v) is 6.58. The van der Waals surface area contributed by atoms with Crippen LogP contribution in [0, 0.1) is 5.82 Å². The third-order valence-electron chi connectivity index (χ3n) is 2.93. The molecule has 2 aromatic carbocycles. The number of sulfonamides is 1. The van der Waals surface area contributed by atoms with Crippen molar-refractivity contribution in [2.24, 2.45) is 5.73 Å². The molecule has 0 radical (unpaired) electrons. The SMILES string of the molecule is NCc1ccc(S(=O)(=O)NCc2ccc(F)cc2)cc1Cl. The van der Waals surface area contributed by atoms with E-state index in [0.29, 0.717) is 16.1 Å². The Morgan fingerprint density at radius 1 is 1.14 bits per heavy atom. The quantitative estimate of drug-likeness (QED) is 0.885. The molecule has 7 heteroatoms. The van der Waals surface area contributed by atoms with Crippen molar-refractivity contribution in [3.05, 3.63) is 64.4 Å². The zero-order chi connectivity index (χ0) is 15.5. The van der Waals surface area contributed by atoms with E-state index < -0.39 is 10.0 Å². The summed E-state index contributed by atoms with van der Waals surface area (Å²) in [6, 6.07) is 9.96. The molecule has 0 spiro atoms. The van der Waals surface area contributed by atoms with Gasteiger partial charge in [-0.1, -0.05) is 29.8 Å². The zero-order valence-corrected chi connectivity index (χ0v) is 12.6. The third kappa shape index (κ3) is 4.01. The van der Waals surface area contributed by atoms with Gasteiger partial charge in [-0.2, -0.15) is 0 Å². The van der Waals surface area contributed by atoms with E-state index in [9.17, 15) is 12.8 Å². The Hall–Kier alpha value is -1.47. The maximum Gasteiger partial charge on any atom is 0.240 e. The average Bonchev–Trinajstić information content (AvgIpc) is 2.46. The van der Waals surface area contributed by atoms with Crippen LogP contribution < -0.4 is 10.5 Å². The molecule has 112 valence electrons. The lowest BCUT2D eigenvalue weighted by Crippen LogP contribution is -2.23. The predicted molar refractivity (Wildman–Crippen MR) is 79.8 cm³/mol. The summed E-state index contributed by atoms with van der Waals surface area (Å²) in [6.45, 7) is 0.307. The van der Waals surface area contributed by atoms with Gasteiger partial charge >= 0.3 is 0 Å². The second kappa shape index (κ2) is 6.53. The van der Waals surface area contributed by atoms with E-state index in [1.165, 1.54) is 36.4 Å². The highest BCUT2D eigenvalue weighted by Gasteiger charge is 2.15. The highest BCUT2D eigenvalue weighted by atomic mass is 35.5. The number of halogens is 2. The van der Waals surface area contributed by atoms with Crippen molar-refractivity contribution in [2.45, 2.75) is 18.0 Å². The minimum absolute atomic E-state index is 0.0619. The summed E-state index contributed by atoms with van der Waals surface area (Å²) < 4.78 is 39.5. The lowest BCUT2D eigenvalue weighted by molar-refractivity contribution is 0.581. The molecule has 0 atom stereocenters. The van der Waals surface area contributed by atoms with Crippen LogP contribution >= 0.6 is 11.6 Å². The Balaban J connectivity index is 2.14. The monoisotopic (exact) mass is 328 g/mol. The first-order valence-corrected chi connectivity index (χ1v) is 8.01. The summed E-state index contributed by atoms with van der Waals surface area (Å²) >= 11 is 5.96. The fourth-order valence-corrected chi connectivity index (χ4v) is 3.09. The Morgan fingerprint density at radius 3 is 2.38 bits per heavy atom. The predicted octanol–water partition coefficient (Wildman–Crippen LogP) is 2.42. The molecule has 2 aromatic rings. The third-order valence-corrected chi connectivity index (χ3v) is 4.69. The Kier molecular flexibility index (Phi) is 4.95. The summed E-state index contributed by atoms with van der Waals surface area (Å²) in [4.78, 5) is 0.0619. The summed E-state index contributed by atoms with van der Waals surface area (Å²) in [6.07, 6.45) is 0. The highest BCUT2D eigenvalue weighted by molar-refractivity contribution is 7.89. The maximum absolute atomic E-state index is 12.8. The van der Waals surface area contributed by atoms with Gasteiger partial charge in [0.15, 0.2) is 0 Å². The number of rotatable bonds is 5. The Bertz CT molecular complexity index is 733. The minimum atomic E-state index is -3.69. The zero-order valence-electron chi connectivity index (χ0n) is 11.0. The molecule has 0 bridgehead atoms. The van der Waals surface area contributed by atoms with Crippen molar-refractivity contribution in [3.8, 4) is 0 Å². The molecule has 0 amide bonds. The van der Waals surface area contributed by atoms with Crippen LogP contribution in [0.15, 0.2) is 47.4 Å². The fourth-order valence-electron chi connectivity index (χ4n) is 1.72. The number of hydrogen-bond acceptors (Lipinski definition) is 3. The Labute approximate surface area is 127 Å². The number of nitrogens with two attached hydrogens (primary N) is 1. The minimum Gasteiger partial charge on any atom is -0.326 e. The Morgan fingerprint density at radius 2 is 1.81 bits per heavy atom. The molecular formula is C14H14ClFN2O2S. The normalized spacial score (nSPS) is 11.6. The van der Waals surface area contributed by atoms with Crippen LogP contribution in [0.1, 0.15) is 11.1 Å². The van der Waals surface area contributed by atoms with Crippen LogP contribution in [0.3, 0.4) is 0 Å². The molecule has 0 aliphatic carbocycles. The van der Waals surface area contributed by atoms with Crippen LogP contribution in [0.2, 0.25) is 5.02 Å². The first kappa shape index (κ1) is 15.9. The van der Waals surface area contributed by atoms with Crippen molar-refractivity contribution < 1.29 is 12.8 Å². The first-order valence-electron chi connectivity index (χ1n) is 6.15. The molecule has 21 heavy (non-hydrogen) atoms. The highest BCUT2D eigenvalue weighted by Crippen LogP contribution is 2.20. The van der Waals surface area contributed by atoms with Gasteiger partial charge in [0.2, 0.25) is 10.0 Å². The van der Waals surface area contributed by atoms with Gasteiger partial charge in [0.25, 0.3) is 0 Å². The van der Waals surface area contributed by atoms with Gasteiger partial charge in [-0.15, -0.1) is 0 Å². The summed E-state index contributed by atoms with van der Waals surface area (Å²) in [7, 11) is -3.69. The number of benzene rings is 2. The molecule has 0 saturated heterocycles. The van der Waals surface area contributed by atoms with Crippen molar-refractivity contribution in [1.82, 2.24) is 4.72 Å². The fraction of sp³-hybridized carbons (Fsp3) is 0.143. The van der Waals surface area contributed by atoms with E-state index in [4.69, 9.17) is 17.3 Å². The van der Waals surface area contributed by atoms with Crippen LogP contribution in [0.25, 0.3) is 0 Å². The largest absolute Gasteiger partial charge is 0.326 e. The molecule has 0 saturated carbocycles. The van der Waals surface area contributed by atoms with Crippen molar-refractivity contribution in [3.63, 3.8) is 0 Å². The molecule has 0 unspecified atom stereocenters. The maximum atomic E-state index is 12.8. The number of hydrogen-bond donors (Lipinski definition) is 2. The van der Waals surface area contributed by atoms with Crippen molar-refractivity contribution in [1.29, 1.82) is 0 Å². The van der Waals surface area contributed by atoms with E-state index in [1.807, 2.05) is 0 Å². The number of nitrogens with one attached hydrogen (secondary N) is 1. The van der Waals surface area contributed by atoms with Gasteiger partial charge in [-0.05, 0) is 35.4 Å². The van der Waals surface area contributed by atoms with Crippen LogP contribution in [0.4, 0.5) is 4.39 Å². The molecule has 0 heterocycles. The summed E-state index contributed by atoms with van der Waals surface area (Å²) in [5.74, 6) is -0.370. The van der Waals surface area contributed by atoms with Gasteiger partial charge in [-0.3, -0.25) is 0 Å². The van der Waals surface area contributed by atoms with E-state index in [1.54, 1.807) is 6.07 Å². The van der Waals surface area contributed by atoms with E-state index >= 15 is 0 Å². The molecule has 3 N–H and O–H groups in total. The topological polar surface area (TPSA) is 72.2 Å². The first-order chi connectivity index (χ1) is 9.92. The summed E-state index contributed by atoms with van der Waals surface area (Å²) in [5.41, 5.74) is 6.81. The molecule has 2 rings (SSSR count). The molecule has 0 aromatic heterocycles. The van der Waals surface area contributed by atoms with Gasteiger partial charge in [0, 0.05) is 18.1 Å². The van der Waals surface area contributed by atoms with Gasteiger partial charge < -0.3 is 5.73 Å². The summed E-state index contributed by atoms with van der Waals surface area (Å²) in [5, 5.41) is 0.308. The standard InChI is InChI=1S/C14H14ClFN2O2S/c15-14-7-13(6-3-11(14)8-17)21(19,20)18-9-10-1-4-12(16)5-2-10/h1-7,18H,8-9,17H2. The second-order valence-electron chi connectivity index (χ2n) is 4.41. The van der Waals surface area contributed by atoms with E-state index in [-0.39, 0.29) is 23.8 Å². The van der Waals surface area contributed by atoms with Crippen molar-refractivity contribution in [2.75, 3.05) is 0 Å². The van der Waals surface area contributed by atoms with E-state index in [2.05, 4.69) is 4.72 Å². The smallest absolute Gasteiger partial charge is 0.240 e. The van der Waals surface area contributed by atoms with Gasteiger partial charge in [0.1, 0.15) is 5.82 Å². The van der Waals surface area contributed by atoms with Gasteiger partial charge in [-0.25, -0.2) is 17.5 Å². The molecule has 0 aliphatic heterocycles. The molecular weight excluding hydrogens is 315 g/mol.